The third-order valence-corrected chi connectivity index (χ3v) is 4.87. The number of amides is 1. The summed E-state index contributed by atoms with van der Waals surface area (Å²) in [6, 6.07) is 15.2. The Hall–Kier alpha value is -2.86. The number of imidazole rings is 1. The van der Waals surface area contributed by atoms with Gasteiger partial charge >= 0.3 is 0 Å². The van der Waals surface area contributed by atoms with Gasteiger partial charge in [-0.3, -0.25) is 4.79 Å². The molecule has 1 amide bonds. The van der Waals surface area contributed by atoms with Gasteiger partial charge in [0.1, 0.15) is 18.2 Å². The van der Waals surface area contributed by atoms with E-state index in [4.69, 9.17) is 9.47 Å². The maximum atomic E-state index is 12.7. The van der Waals surface area contributed by atoms with Crippen LogP contribution < -0.4 is 10.1 Å². The van der Waals surface area contributed by atoms with E-state index in [1.807, 2.05) is 54.1 Å². The van der Waals surface area contributed by atoms with Crippen molar-refractivity contribution < 1.29 is 14.3 Å². The first kappa shape index (κ1) is 17.5. The van der Waals surface area contributed by atoms with E-state index in [2.05, 4.69) is 10.3 Å². The zero-order valence-corrected chi connectivity index (χ0v) is 15.4. The molecule has 1 aliphatic heterocycles. The first-order chi connectivity index (χ1) is 13.2. The molecule has 2 aromatic carbocycles. The Morgan fingerprint density at radius 1 is 1.26 bits per heavy atom. The molecule has 0 saturated carbocycles. The molecule has 4 rings (SSSR count). The van der Waals surface area contributed by atoms with Gasteiger partial charge in [-0.15, -0.1) is 0 Å². The molecule has 1 atom stereocenters. The topological polar surface area (TPSA) is 65.4 Å². The second kappa shape index (κ2) is 7.80. The van der Waals surface area contributed by atoms with Crippen LogP contribution in [-0.2, 0) is 18.3 Å². The molecular formula is C21H23N3O3. The highest BCUT2D eigenvalue weighted by molar-refractivity contribution is 5.96. The summed E-state index contributed by atoms with van der Waals surface area (Å²) in [7, 11) is 1.95. The average molecular weight is 365 g/mol. The molecule has 1 saturated heterocycles. The maximum absolute atomic E-state index is 12.7. The predicted molar refractivity (Wildman–Crippen MR) is 103 cm³/mol. The summed E-state index contributed by atoms with van der Waals surface area (Å²) in [6.07, 6.45) is 2.18. The second-order valence-electron chi connectivity index (χ2n) is 6.70. The van der Waals surface area contributed by atoms with E-state index in [1.54, 1.807) is 6.07 Å². The summed E-state index contributed by atoms with van der Waals surface area (Å²) < 4.78 is 13.4. The molecule has 27 heavy (non-hydrogen) atoms. The lowest BCUT2D eigenvalue weighted by molar-refractivity contribution is 0.0670. The van der Waals surface area contributed by atoms with E-state index in [9.17, 15) is 4.79 Å². The summed E-state index contributed by atoms with van der Waals surface area (Å²) in [6.45, 7) is 1.60. The molecule has 140 valence electrons. The van der Waals surface area contributed by atoms with Crippen molar-refractivity contribution in [1.82, 2.24) is 14.9 Å². The molecule has 6 nitrogen and oxygen atoms in total. The van der Waals surface area contributed by atoms with Crippen LogP contribution in [0.2, 0.25) is 0 Å². The molecule has 1 fully saturated rings. The normalized spacial score (nSPS) is 16.6. The van der Waals surface area contributed by atoms with Gasteiger partial charge in [-0.05, 0) is 37.1 Å². The van der Waals surface area contributed by atoms with Crippen molar-refractivity contribution in [3.8, 4) is 5.75 Å². The molecule has 0 bridgehead atoms. The highest BCUT2D eigenvalue weighted by atomic mass is 16.5. The Morgan fingerprint density at radius 2 is 2.07 bits per heavy atom. The summed E-state index contributed by atoms with van der Waals surface area (Å²) >= 11 is 0. The van der Waals surface area contributed by atoms with E-state index in [1.165, 1.54) is 0 Å². The third-order valence-electron chi connectivity index (χ3n) is 4.87. The Balaban J connectivity index is 1.44. The van der Waals surface area contributed by atoms with E-state index >= 15 is 0 Å². The zero-order valence-electron chi connectivity index (χ0n) is 15.4. The van der Waals surface area contributed by atoms with Gasteiger partial charge in [0.25, 0.3) is 5.91 Å². The van der Waals surface area contributed by atoms with Crippen molar-refractivity contribution in [2.45, 2.75) is 25.5 Å². The first-order valence-corrected chi connectivity index (χ1v) is 9.24. The van der Waals surface area contributed by atoms with E-state index in [-0.39, 0.29) is 12.0 Å². The summed E-state index contributed by atoms with van der Waals surface area (Å²) in [5.74, 6) is 1.21. The molecule has 0 spiro atoms. The molecule has 6 heteroatoms. The minimum absolute atomic E-state index is 0.112. The average Bonchev–Trinajstić information content (AvgIpc) is 3.33. The number of nitrogens with one attached hydrogen (secondary N) is 1. The van der Waals surface area contributed by atoms with E-state index < -0.39 is 0 Å². The van der Waals surface area contributed by atoms with Crippen molar-refractivity contribution >= 4 is 16.9 Å². The quantitative estimate of drug-likeness (QED) is 0.729. The second-order valence-corrected chi connectivity index (χ2v) is 6.70. The lowest BCUT2D eigenvalue weighted by atomic mass is 10.2. The number of hydrogen-bond acceptors (Lipinski definition) is 4. The summed E-state index contributed by atoms with van der Waals surface area (Å²) in [5.41, 5.74) is 2.49. The molecular weight excluding hydrogens is 342 g/mol. The fourth-order valence-corrected chi connectivity index (χ4v) is 3.35. The highest BCUT2D eigenvalue weighted by Crippen LogP contribution is 2.21. The van der Waals surface area contributed by atoms with Crippen LogP contribution in [0.15, 0.2) is 48.5 Å². The Bertz CT molecular complexity index is 945. The number of para-hydroxylation sites is 3. The number of fused-ring (bicyclic) bond motifs is 1. The van der Waals surface area contributed by atoms with Gasteiger partial charge in [0.2, 0.25) is 0 Å². The monoisotopic (exact) mass is 365 g/mol. The number of rotatable bonds is 6. The van der Waals surface area contributed by atoms with Crippen molar-refractivity contribution in [3.63, 3.8) is 0 Å². The zero-order chi connectivity index (χ0) is 18.6. The number of carbonyl (C=O) groups is 1. The molecule has 3 aromatic rings. The minimum atomic E-state index is -0.176. The van der Waals surface area contributed by atoms with Crippen LogP contribution in [0.3, 0.4) is 0 Å². The lowest BCUT2D eigenvalue weighted by Gasteiger charge is -2.14. The van der Waals surface area contributed by atoms with E-state index in [0.717, 1.165) is 36.3 Å². The van der Waals surface area contributed by atoms with Crippen LogP contribution in [0.5, 0.6) is 5.75 Å². The minimum Gasteiger partial charge on any atom is -0.490 e. The van der Waals surface area contributed by atoms with Gasteiger partial charge in [-0.2, -0.15) is 0 Å². The first-order valence-electron chi connectivity index (χ1n) is 9.24. The van der Waals surface area contributed by atoms with Gasteiger partial charge < -0.3 is 19.4 Å². The van der Waals surface area contributed by atoms with Crippen molar-refractivity contribution in [1.29, 1.82) is 0 Å². The van der Waals surface area contributed by atoms with Gasteiger partial charge in [-0.1, -0.05) is 24.3 Å². The number of carbonyl (C=O) groups excluding carboxylic acids is 1. The highest BCUT2D eigenvalue weighted by Gasteiger charge is 2.18. The van der Waals surface area contributed by atoms with Crippen LogP contribution in [-0.4, -0.2) is 34.8 Å². The molecule has 1 unspecified atom stereocenters. The van der Waals surface area contributed by atoms with Crippen LogP contribution in [0.4, 0.5) is 0 Å². The molecule has 1 aliphatic rings. The van der Waals surface area contributed by atoms with Crippen LogP contribution in [0, 0.1) is 0 Å². The van der Waals surface area contributed by atoms with Crippen molar-refractivity contribution in [3.05, 3.63) is 59.9 Å². The smallest absolute Gasteiger partial charge is 0.255 e. The third kappa shape index (κ3) is 3.80. The molecule has 0 aliphatic carbocycles. The van der Waals surface area contributed by atoms with Crippen molar-refractivity contribution in [2.75, 3.05) is 13.2 Å². The Labute approximate surface area is 158 Å². The van der Waals surface area contributed by atoms with Crippen LogP contribution in [0.1, 0.15) is 29.0 Å². The number of aryl methyl sites for hydroxylation is 1. The fraction of sp³-hybridized carbons (Fsp3) is 0.333. The Morgan fingerprint density at radius 3 is 2.89 bits per heavy atom. The molecule has 0 radical (unpaired) electrons. The lowest BCUT2D eigenvalue weighted by Crippen LogP contribution is -2.25. The van der Waals surface area contributed by atoms with Gasteiger partial charge in [-0.25, -0.2) is 4.98 Å². The predicted octanol–water partition coefficient (Wildman–Crippen LogP) is 3.06. The van der Waals surface area contributed by atoms with Crippen LogP contribution >= 0.6 is 0 Å². The number of benzene rings is 2. The molecule has 2 heterocycles. The summed E-state index contributed by atoms with van der Waals surface area (Å²) in [5, 5.41) is 2.95. The van der Waals surface area contributed by atoms with E-state index in [0.29, 0.717) is 24.5 Å². The van der Waals surface area contributed by atoms with Gasteiger partial charge in [0.05, 0.1) is 29.2 Å². The molecule has 1 aromatic heterocycles. The number of ether oxygens (including phenoxy) is 2. The number of hydrogen-bond donors (Lipinski definition) is 1. The molecule has 1 N–H and O–H groups in total. The SMILES string of the molecule is Cn1c(CNC(=O)c2ccccc2OCC2CCCO2)nc2ccccc21. The van der Waals surface area contributed by atoms with Gasteiger partial charge in [0.15, 0.2) is 0 Å². The number of aromatic nitrogens is 2. The number of nitrogens with zero attached hydrogens (tertiary/aromatic N) is 2. The standard InChI is InChI=1S/C21H23N3O3/c1-24-18-10-4-3-9-17(18)23-20(24)13-22-21(25)16-8-2-5-11-19(16)27-14-15-7-6-12-26-15/h2-5,8-11,15H,6-7,12-14H2,1H3,(H,22,25). The largest absolute Gasteiger partial charge is 0.490 e. The van der Waals surface area contributed by atoms with Crippen LogP contribution in [0.25, 0.3) is 11.0 Å². The fourth-order valence-electron chi connectivity index (χ4n) is 3.35. The summed E-state index contributed by atoms with van der Waals surface area (Å²) in [4.78, 5) is 17.3. The Kier molecular flexibility index (Phi) is 5.07. The van der Waals surface area contributed by atoms with Gasteiger partial charge in [0, 0.05) is 13.7 Å². The van der Waals surface area contributed by atoms with Crippen molar-refractivity contribution in [2.24, 2.45) is 7.05 Å². The maximum Gasteiger partial charge on any atom is 0.255 e.